The fraction of sp³-hybridized carbons (Fsp3) is 0. The monoisotopic (exact) mass is 724 g/mol. The van der Waals surface area contributed by atoms with E-state index in [1.807, 2.05) is 48.5 Å². The summed E-state index contributed by atoms with van der Waals surface area (Å²) in [6.45, 7) is 3.98. The normalized spacial score (nSPS) is 12.8. The number of nitrogens with zero attached hydrogens (tertiary/aromatic N) is 6. The second kappa shape index (κ2) is 12.1. The number of hydrogen-bond acceptors (Lipinski definition) is 3. The Hall–Kier alpha value is -8.37. The number of benzene rings is 7. The van der Waals surface area contributed by atoms with Crippen LogP contribution in [0.25, 0.3) is 93.1 Å². The maximum absolute atomic E-state index is 11.2. The van der Waals surface area contributed by atoms with E-state index in [1.54, 1.807) is 0 Å². The lowest BCUT2D eigenvalue weighted by Crippen LogP contribution is -2.19. The molecular formula is C51H28N6. The molecule has 0 amide bonds. The average molecular weight is 725 g/mol. The Morgan fingerprint density at radius 3 is 1.72 bits per heavy atom. The van der Waals surface area contributed by atoms with Gasteiger partial charge in [-0.05, 0) is 48.5 Å². The summed E-state index contributed by atoms with van der Waals surface area (Å²) in [4.78, 5) is 0. The molecule has 0 aliphatic rings. The number of pyridine rings is 1. The summed E-state index contributed by atoms with van der Waals surface area (Å²) in [6.07, 6.45) is 1.46. The largest absolute Gasteiger partial charge is 0.307 e. The van der Waals surface area contributed by atoms with Crippen LogP contribution in [0.4, 0.5) is 0 Å². The first-order valence-corrected chi connectivity index (χ1v) is 18.7. The summed E-state index contributed by atoms with van der Waals surface area (Å²) in [5.41, 5.74) is 9.28. The molecule has 4 heterocycles. The SMILES string of the molecule is C=C/C(C#N)=C(C#N)\C(=c1\c2cc(C#N)ccc2n2c3c1cccc3c1ccc3c4ccccc4n(-c4ccccc4)c3c12)n1c2ccccc2c2ccccc21. The van der Waals surface area contributed by atoms with Crippen molar-refractivity contribution in [3.8, 4) is 23.9 Å². The zero-order chi connectivity index (χ0) is 38.4. The number of fused-ring (bicyclic) bond motifs is 12. The Morgan fingerprint density at radius 1 is 0.491 bits per heavy atom. The van der Waals surface area contributed by atoms with Gasteiger partial charge in [-0.2, -0.15) is 15.8 Å². The van der Waals surface area contributed by atoms with Crippen molar-refractivity contribution in [2.75, 3.05) is 0 Å². The van der Waals surface area contributed by atoms with Crippen molar-refractivity contribution in [1.82, 2.24) is 13.5 Å². The van der Waals surface area contributed by atoms with E-state index < -0.39 is 0 Å². The molecule has 0 aliphatic carbocycles. The highest BCUT2D eigenvalue weighted by Gasteiger charge is 2.26. The maximum atomic E-state index is 11.2. The summed E-state index contributed by atoms with van der Waals surface area (Å²) < 4.78 is 6.82. The zero-order valence-corrected chi connectivity index (χ0v) is 30.4. The highest BCUT2D eigenvalue weighted by molar-refractivity contribution is 6.27. The number of rotatable bonds is 4. The van der Waals surface area contributed by atoms with Crippen molar-refractivity contribution in [1.29, 1.82) is 15.8 Å². The Bertz CT molecular complexity index is 3740. The van der Waals surface area contributed by atoms with Gasteiger partial charge >= 0.3 is 0 Å². The zero-order valence-electron chi connectivity index (χ0n) is 30.4. The summed E-state index contributed by atoms with van der Waals surface area (Å²) >= 11 is 0. The third-order valence-corrected chi connectivity index (χ3v) is 11.5. The van der Waals surface area contributed by atoms with Crippen molar-refractivity contribution in [3.05, 3.63) is 186 Å². The van der Waals surface area contributed by atoms with E-state index in [4.69, 9.17) is 0 Å². The van der Waals surface area contributed by atoms with E-state index in [1.165, 1.54) is 6.08 Å². The summed E-state index contributed by atoms with van der Waals surface area (Å²) in [5.74, 6) is 0. The van der Waals surface area contributed by atoms with Crippen molar-refractivity contribution >= 4 is 87.4 Å². The minimum Gasteiger partial charge on any atom is -0.307 e. The average Bonchev–Trinajstić information content (AvgIpc) is 3.91. The third kappa shape index (κ3) is 4.26. The van der Waals surface area contributed by atoms with E-state index in [-0.39, 0.29) is 11.1 Å². The molecule has 6 heteroatoms. The van der Waals surface area contributed by atoms with Gasteiger partial charge in [0, 0.05) is 54.0 Å². The van der Waals surface area contributed by atoms with E-state index in [0.29, 0.717) is 11.3 Å². The van der Waals surface area contributed by atoms with Crippen molar-refractivity contribution < 1.29 is 0 Å². The van der Waals surface area contributed by atoms with Gasteiger partial charge in [0.05, 0.1) is 67.1 Å². The summed E-state index contributed by atoms with van der Waals surface area (Å²) in [6, 6.07) is 59.0. The van der Waals surface area contributed by atoms with Crippen LogP contribution in [0.5, 0.6) is 0 Å². The number of nitriles is 3. The van der Waals surface area contributed by atoms with E-state index in [2.05, 4.69) is 141 Å². The molecule has 7 aromatic carbocycles. The van der Waals surface area contributed by atoms with Crippen LogP contribution in [0.3, 0.4) is 0 Å². The Balaban J connectivity index is 1.49. The van der Waals surface area contributed by atoms with Crippen molar-refractivity contribution in [3.63, 3.8) is 0 Å². The number of hydrogen-bond donors (Lipinski definition) is 0. The van der Waals surface area contributed by atoms with Crippen LogP contribution in [0.1, 0.15) is 5.56 Å². The molecule has 262 valence electrons. The van der Waals surface area contributed by atoms with Gasteiger partial charge in [-0.15, -0.1) is 0 Å². The number of para-hydroxylation sites is 5. The van der Waals surface area contributed by atoms with Crippen LogP contribution >= 0.6 is 0 Å². The molecule has 0 saturated carbocycles. The topological polar surface area (TPSA) is 85.6 Å². The number of allylic oxidation sites excluding steroid dienone is 3. The van der Waals surface area contributed by atoms with Crippen LogP contribution in [-0.4, -0.2) is 13.5 Å². The molecule has 6 nitrogen and oxygen atoms in total. The van der Waals surface area contributed by atoms with Crippen molar-refractivity contribution in [2.45, 2.75) is 0 Å². The summed E-state index contributed by atoms with van der Waals surface area (Å²) in [7, 11) is 0. The fourth-order valence-electron chi connectivity index (χ4n) is 9.24. The molecule has 0 N–H and O–H groups in total. The lowest BCUT2D eigenvalue weighted by Gasteiger charge is -2.18. The van der Waals surface area contributed by atoms with Gasteiger partial charge in [0.15, 0.2) is 0 Å². The van der Waals surface area contributed by atoms with Crippen LogP contribution in [0, 0.1) is 34.0 Å². The van der Waals surface area contributed by atoms with Crippen LogP contribution in [0.15, 0.2) is 175 Å². The standard InChI is InChI=1S/C51H28N6/c1-2-32(29-53)42(30-54)49(56-44-21-10-6-15-34(44)35-16-7-11-22-45(35)56)47-40-19-12-18-37-39-25-24-38-36-17-8-9-20-43(36)55(33-13-4-3-5-14-33)50(38)51(39)57(48(37)40)46-26-23-31(28-52)27-41(46)47/h2-27H,1H2/b42-32+,49-47-. The number of aromatic nitrogens is 3. The van der Waals surface area contributed by atoms with E-state index in [9.17, 15) is 15.8 Å². The fourth-order valence-corrected chi connectivity index (χ4v) is 9.24. The highest BCUT2D eigenvalue weighted by Crippen LogP contribution is 2.43. The predicted octanol–water partition coefficient (Wildman–Crippen LogP) is 11.4. The minimum atomic E-state index is 0.159. The molecule has 0 radical (unpaired) electrons. The molecule has 0 unspecified atom stereocenters. The van der Waals surface area contributed by atoms with Crippen molar-refractivity contribution in [2.24, 2.45) is 0 Å². The van der Waals surface area contributed by atoms with Crippen LogP contribution in [-0.2, 0) is 0 Å². The lowest BCUT2D eigenvalue weighted by atomic mass is 9.97. The smallest absolute Gasteiger partial charge is 0.103 e. The Kier molecular flexibility index (Phi) is 6.80. The van der Waals surface area contributed by atoms with Gasteiger partial charge in [0.1, 0.15) is 12.1 Å². The Labute approximate surface area is 325 Å². The first-order valence-electron chi connectivity index (χ1n) is 18.7. The second-order valence-corrected chi connectivity index (χ2v) is 14.2. The lowest BCUT2D eigenvalue weighted by molar-refractivity contribution is 1.18. The molecule has 0 spiro atoms. The van der Waals surface area contributed by atoms with Gasteiger partial charge in [-0.3, -0.25) is 0 Å². The second-order valence-electron chi connectivity index (χ2n) is 14.2. The summed E-state index contributed by atoms with van der Waals surface area (Å²) in [5, 5.41) is 41.0. The molecule has 0 fully saturated rings. The first kappa shape index (κ1) is 32.1. The van der Waals surface area contributed by atoms with Gasteiger partial charge in [0.25, 0.3) is 0 Å². The molecule has 0 saturated heterocycles. The molecule has 4 aromatic heterocycles. The van der Waals surface area contributed by atoms with E-state index in [0.717, 1.165) is 92.6 Å². The van der Waals surface area contributed by atoms with Crippen LogP contribution in [0.2, 0.25) is 0 Å². The van der Waals surface area contributed by atoms with Gasteiger partial charge in [-0.1, -0.05) is 116 Å². The van der Waals surface area contributed by atoms with Gasteiger partial charge < -0.3 is 13.5 Å². The van der Waals surface area contributed by atoms with Gasteiger partial charge in [0.2, 0.25) is 0 Å². The quantitative estimate of drug-likeness (QED) is 0.103. The molecule has 0 atom stereocenters. The Morgan fingerprint density at radius 2 is 1.07 bits per heavy atom. The molecule has 0 aliphatic heterocycles. The van der Waals surface area contributed by atoms with Crippen LogP contribution < -0.4 is 5.22 Å². The molecule has 57 heavy (non-hydrogen) atoms. The predicted molar refractivity (Wildman–Crippen MR) is 231 cm³/mol. The first-order chi connectivity index (χ1) is 28.2. The molecule has 11 rings (SSSR count). The molecular weight excluding hydrogens is 697 g/mol. The molecule has 0 bridgehead atoms. The van der Waals surface area contributed by atoms with E-state index >= 15 is 0 Å². The maximum Gasteiger partial charge on any atom is 0.103 e. The molecule has 11 aromatic rings. The highest BCUT2D eigenvalue weighted by atomic mass is 15.0. The third-order valence-electron chi connectivity index (χ3n) is 11.5. The minimum absolute atomic E-state index is 0.159. The van der Waals surface area contributed by atoms with Gasteiger partial charge in [-0.25, -0.2) is 0 Å².